The molecule has 0 amide bonds. The van der Waals surface area contributed by atoms with Crippen LogP contribution in [0.2, 0.25) is 0 Å². The van der Waals surface area contributed by atoms with Crippen molar-refractivity contribution in [1.29, 1.82) is 0 Å². The SMILES string of the molecule is CN(NCc1ccccc1)OC(=O)ON(C)NCc1ccccc1. The van der Waals surface area contributed by atoms with Gasteiger partial charge in [-0.15, -0.1) is 0 Å². The van der Waals surface area contributed by atoms with E-state index >= 15 is 0 Å². The number of carbonyl (C=O) groups is 1. The second kappa shape index (κ2) is 9.64. The maximum Gasteiger partial charge on any atom is 0.550 e. The molecule has 0 atom stereocenters. The van der Waals surface area contributed by atoms with E-state index in [2.05, 4.69) is 10.9 Å². The molecule has 0 radical (unpaired) electrons. The maximum atomic E-state index is 11.7. The summed E-state index contributed by atoms with van der Waals surface area (Å²) >= 11 is 0. The molecule has 0 saturated carbocycles. The van der Waals surface area contributed by atoms with Crippen LogP contribution in [0.25, 0.3) is 0 Å². The van der Waals surface area contributed by atoms with Crippen LogP contribution in [0.5, 0.6) is 0 Å². The van der Waals surface area contributed by atoms with Crippen molar-refractivity contribution in [3.63, 3.8) is 0 Å². The molecule has 7 nitrogen and oxygen atoms in total. The molecule has 2 aromatic rings. The lowest BCUT2D eigenvalue weighted by Gasteiger charge is -2.20. The highest BCUT2D eigenvalue weighted by Crippen LogP contribution is 2.00. The lowest BCUT2D eigenvalue weighted by Crippen LogP contribution is -2.40. The molecule has 2 rings (SSSR count). The summed E-state index contributed by atoms with van der Waals surface area (Å²) in [5.41, 5.74) is 8.01. The smallest absolute Gasteiger partial charge is 0.319 e. The van der Waals surface area contributed by atoms with Crippen LogP contribution in [0.15, 0.2) is 60.7 Å². The number of hydrazine groups is 2. The Morgan fingerprint density at radius 2 is 1.17 bits per heavy atom. The van der Waals surface area contributed by atoms with Crippen LogP contribution in [0.3, 0.4) is 0 Å². The van der Waals surface area contributed by atoms with E-state index in [0.717, 1.165) is 11.1 Å². The summed E-state index contributed by atoms with van der Waals surface area (Å²) < 4.78 is 0. The number of hydroxylamine groups is 2. The van der Waals surface area contributed by atoms with E-state index in [1.54, 1.807) is 14.1 Å². The first-order valence-electron chi connectivity index (χ1n) is 7.55. The van der Waals surface area contributed by atoms with Crippen molar-refractivity contribution in [3.05, 3.63) is 71.8 Å². The lowest BCUT2D eigenvalue weighted by atomic mass is 10.2. The topological polar surface area (TPSA) is 66.1 Å². The van der Waals surface area contributed by atoms with Crippen LogP contribution >= 0.6 is 0 Å². The summed E-state index contributed by atoms with van der Waals surface area (Å²) in [4.78, 5) is 21.6. The number of benzene rings is 2. The minimum absolute atomic E-state index is 0.534. The van der Waals surface area contributed by atoms with Crippen molar-refractivity contribution in [2.45, 2.75) is 13.1 Å². The van der Waals surface area contributed by atoms with E-state index in [9.17, 15) is 4.79 Å². The molecule has 7 heteroatoms. The van der Waals surface area contributed by atoms with E-state index < -0.39 is 6.16 Å². The standard InChI is InChI=1S/C17H22N4O3/c1-20(18-13-15-9-5-3-6-10-15)23-17(22)24-21(2)19-14-16-11-7-4-8-12-16/h3-12,18-19H,13-14H2,1-2H3. The zero-order valence-electron chi connectivity index (χ0n) is 13.8. The number of hydrogen-bond donors (Lipinski definition) is 2. The van der Waals surface area contributed by atoms with Gasteiger partial charge >= 0.3 is 6.16 Å². The van der Waals surface area contributed by atoms with Crippen molar-refractivity contribution in [1.82, 2.24) is 21.2 Å². The summed E-state index contributed by atoms with van der Waals surface area (Å²) in [6.45, 7) is 1.07. The Kier molecular flexibility index (Phi) is 7.19. The van der Waals surface area contributed by atoms with Crippen molar-refractivity contribution in [2.75, 3.05) is 14.1 Å². The van der Waals surface area contributed by atoms with Crippen LogP contribution in [0.4, 0.5) is 4.79 Å². The second-order valence-corrected chi connectivity index (χ2v) is 5.07. The molecule has 0 unspecified atom stereocenters. The van der Waals surface area contributed by atoms with Gasteiger partial charge in [-0.05, 0) is 11.1 Å². The predicted molar refractivity (Wildman–Crippen MR) is 89.7 cm³/mol. The molecular weight excluding hydrogens is 308 g/mol. The summed E-state index contributed by atoms with van der Waals surface area (Å²) in [6.07, 6.45) is -0.846. The highest BCUT2D eigenvalue weighted by molar-refractivity contribution is 5.58. The fourth-order valence-electron chi connectivity index (χ4n) is 1.90. The number of carbonyl (C=O) groups excluding carboxylic acids is 1. The first-order valence-corrected chi connectivity index (χ1v) is 7.55. The first kappa shape index (κ1) is 17.9. The Hall–Kier alpha value is -2.45. The average molecular weight is 330 g/mol. The minimum Gasteiger partial charge on any atom is -0.319 e. The van der Waals surface area contributed by atoms with Crippen LogP contribution in [0, 0.1) is 0 Å². The van der Waals surface area contributed by atoms with Crippen molar-refractivity contribution >= 4 is 6.16 Å². The number of rotatable bonds is 8. The Balaban J connectivity index is 1.64. The third-order valence-electron chi connectivity index (χ3n) is 3.12. The van der Waals surface area contributed by atoms with Gasteiger partial charge < -0.3 is 9.68 Å². The Morgan fingerprint density at radius 1 is 0.792 bits per heavy atom. The van der Waals surface area contributed by atoms with Gasteiger partial charge in [0.05, 0.1) is 0 Å². The first-order chi connectivity index (χ1) is 11.6. The Morgan fingerprint density at radius 3 is 1.54 bits per heavy atom. The van der Waals surface area contributed by atoms with Gasteiger partial charge in [0.1, 0.15) is 0 Å². The molecule has 0 bridgehead atoms. The van der Waals surface area contributed by atoms with Crippen LogP contribution in [-0.4, -0.2) is 30.6 Å². The third kappa shape index (κ3) is 6.76. The molecule has 0 saturated heterocycles. The van der Waals surface area contributed by atoms with Gasteiger partial charge in [-0.2, -0.15) is 4.79 Å². The number of hydrogen-bond acceptors (Lipinski definition) is 7. The van der Waals surface area contributed by atoms with Crippen molar-refractivity contribution in [2.24, 2.45) is 0 Å². The van der Waals surface area contributed by atoms with Gasteiger partial charge in [0.2, 0.25) is 0 Å². The average Bonchev–Trinajstić information content (AvgIpc) is 2.60. The van der Waals surface area contributed by atoms with Gasteiger partial charge in [-0.3, -0.25) is 0 Å². The zero-order valence-corrected chi connectivity index (χ0v) is 13.8. The summed E-state index contributed by atoms with van der Waals surface area (Å²) in [5.74, 6) is 0. The normalized spacial score (nSPS) is 10.8. The van der Waals surface area contributed by atoms with Crippen molar-refractivity contribution in [3.8, 4) is 0 Å². The van der Waals surface area contributed by atoms with Gasteiger partial charge in [-0.25, -0.2) is 10.9 Å². The quantitative estimate of drug-likeness (QED) is 0.720. The highest BCUT2D eigenvalue weighted by Gasteiger charge is 2.12. The fraction of sp³-hybridized carbons (Fsp3) is 0.235. The summed E-state index contributed by atoms with van der Waals surface area (Å²) in [5, 5.41) is 2.42. The van der Waals surface area contributed by atoms with E-state index in [1.165, 1.54) is 10.3 Å². The van der Waals surface area contributed by atoms with Gasteiger partial charge in [-0.1, -0.05) is 71.0 Å². The number of nitrogens with zero attached hydrogens (tertiary/aromatic N) is 2. The molecule has 0 aliphatic rings. The lowest BCUT2D eigenvalue weighted by molar-refractivity contribution is -0.205. The number of nitrogens with one attached hydrogen (secondary N) is 2. The molecule has 0 aromatic heterocycles. The fourth-order valence-corrected chi connectivity index (χ4v) is 1.90. The van der Waals surface area contributed by atoms with Gasteiger partial charge in [0, 0.05) is 27.2 Å². The van der Waals surface area contributed by atoms with Crippen molar-refractivity contribution < 1.29 is 14.5 Å². The highest BCUT2D eigenvalue weighted by atomic mass is 16.9. The van der Waals surface area contributed by atoms with E-state index in [0.29, 0.717) is 13.1 Å². The zero-order chi connectivity index (χ0) is 17.2. The molecule has 0 fully saturated rings. The predicted octanol–water partition coefficient (Wildman–Crippen LogP) is 2.24. The second-order valence-electron chi connectivity index (χ2n) is 5.07. The summed E-state index contributed by atoms with van der Waals surface area (Å²) in [6, 6.07) is 19.6. The van der Waals surface area contributed by atoms with E-state index in [4.69, 9.17) is 9.68 Å². The molecular formula is C17H22N4O3. The van der Waals surface area contributed by atoms with E-state index in [1.807, 2.05) is 60.7 Å². The van der Waals surface area contributed by atoms with Gasteiger partial charge in [0.25, 0.3) is 0 Å². The molecule has 0 heterocycles. The molecule has 2 N–H and O–H groups in total. The molecule has 0 aliphatic carbocycles. The molecule has 0 spiro atoms. The third-order valence-corrected chi connectivity index (χ3v) is 3.12. The molecule has 2 aromatic carbocycles. The molecule has 0 aliphatic heterocycles. The minimum atomic E-state index is -0.846. The van der Waals surface area contributed by atoms with Crippen LogP contribution < -0.4 is 10.9 Å². The van der Waals surface area contributed by atoms with Crippen LogP contribution in [0.1, 0.15) is 11.1 Å². The van der Waals surface area contributed by atoms with Gasteiger partial charge in [0.15, 0.2) is 0 Å². The maximum absolute atomic E-state index is 11.7. The monoisotopic (exact) mass is 330 g/mol. The summed E-state index contributed by atoms with van der Waals surface area (Å²) in [7, 11) is 3.17. The Bertz CT molecular complexity index is 556. The molecule has 24 heavy (non-hydrogen) atoms. The van der Waals surface area contributed by atoms with E-state index in [-0.39, 0.29) is 0 Å². The largest absolute Gasteiger partial charge is 0.550 e. The van der Waals surface area contributed by atoms with Crippen LogP contribution in [-0.2, 0) is 22.8 Å². The molecule has 128 valence electrons. The Labute approximate surface area is 141 Å².